The number of nitrogens with zero attached hydrogens (tertiary/aromatic N) is 1. The maximum absolute atomic E-state index is 12.9. The number of rotatable bonds is 10. The molecule has 2 aromatic rings. The molecule has 31 heavy (non-hydrogen) atoms. The van der Waals surface area contributed by atoms with Crippen LogP contribution in [0.2, 0.25) is 0 Å². The second-order valence-electron chi connectivity index (χ2n) is 6.17. The van der Waals surface area contributed by atoms with E-state index in [0.29, 0.717) is 36.8 Å². The van der Waals surface area contributed by atoms with E-state index in [2.05, 4.69) is 20.4 Å². The molecule has 0 radical (unpaired) electrons. The van der Waals surface area contributed by atoms with Crippen LogP contribution in [-0.2, 0) is 13.1 Å². The largest absolute Gasteiger partial charge is 0.490 e. The van der Waals surface area contributed by atoms with Gasteiger partial charge in [-0.05, 0) is 37.6 Å². The highest BCUT2D eigenvalue weighted by atomic mass is 127. The number of benzene rings is 2. The molecule has 0 unspecified atom stereocenters. The van der Waals surface area contributed by atoms with E-state index in [1.807, 2.05) is 6.92 Å². The minimum atomic E-state index is -2.96. The molecular formula is C21H27F2IN4O3. The van der Waals surface area contributed by atoms with Gasteiger partial charge in [-0.1, -0.05) is 24.3 Å². The number of nitrogens with one attached hydrogen (secondary N) is 2. The number of halogens is 3. The zero-order chi connectivity index (χ0) is 21.9. The highest BCUT2D eigenvalue weighted by molar-refractivity contribution is 14.0. The molecular weight excluding hydrogens is 521 g/mol. The molecule has 0 aliphatic heterocycles. The molecule has 10 heteroatoms. The molecule has 0 saturated heterocycles. The van der Waals surface area contributed by atoms with Crippen LogP contribution in [0, 0.1) is 0 Å². The van der Waals surface area contributed by atoms with Gasteiger partial charge in [-0.15, -0.1) is 24.0 Å². The topological polar surface area (TPSA) is 98.0 Å². The number of hydrogen-bond acceptors (Lipinski definition) is 4. The number of carbonyl (C=O) groups excluding carboxylic acids is 1. The molecule has 0 fully saturated rings. The Morgan fingerprint density at radius 3 is 2.42 bits per heavy atom. The van der Waals surface area contributed by atoms with Crippen molar-refractivity contribution >= 4 is 35.8 Å². The summed E-state index contributed by atoms with van der Waals surface area (Å²) in [6, 6.07) is 11.8. The summed E-state index contributed by atoms with van der Waals surface area (Å²) in [5, 5.41) is 6.20. The fourth-order valence-corrected chi connectivity index (χ4v) is 2.66. The summed E-state index contributed by atoms with van der Waals surface area (Å²) in [5.41, 5.74) is 7.06. The van der Waals surface area contributed by atoms with Gasteiger partial charge >= 0.3 is 6.61 Å². The molecule has 0 spiro atoms. The lowest BCUT2D eigenvalue weighted by Crippen LogP contribution is -2.36. The van der Waals surface area contributed by atoms with Crippen molar-refractivity contribution in [2.75, 3.05) is 13.2 Å². The zero-order valence-corrected chi connectivity index (χ0v) is 19.7. The van der Waals surface area contributed by atoms with Crippen LogP contribution in [0.4, 0.5) is 8.78 Å². The Hall–Kier alpha value is -2.63. The number of para-hydroxylation sites is 1. The Kier molecular flexibility index (Phi) is 11.6. The van der Waals surface area contributed by atoms with E-state index in [0.717, 1.165) is 5.56 Å². The second-order valence-corrected chi connectivity index (χ2v) is 6.17. The Balaban J connectivity index is 0.00000480. The number of hydrogen-bond donors (Lipinski definition) is 3. The molecule has 0 saturated carbocycles. The number of primary amides is 1. The average molecular weight is 548 g/mol. The predicted molar refractivity (Wildman–Crippen MR) is 126 cm³/mol. The molecule has 1 amide bonds. The standard InChI is InChI=1S/C21H26F2N4O3.HI/c1-3-25-21(26-12-14-8-10-15(11-9-14)19(24)28)27-13-16-6-5-7-17(29-4-2)18(16)30-20(22)23;/h5-11,20H,3-4,12-13H2,1-2H3,(H2,24,28)(H2,25,26,27);1H. The van der Waals surface area contributed by atoms with Gasteiger partial charge in [0.2, 0.25) is 5.91 Å². The number of ether oxygens (including phenoxy) is 2. The zero-order valence-electron chi connectivity index (χ0n) is 17.4. The van der Waals surface area contributed by atoms with Crippen LogP contribution in [0.5, 0.6) is 11.5 Å². The minimum absolute atomic E-state index is 0. The lowest BCUT2D eigenvalue weighted by Gasteiger charge is -2.17. The van der Waals surface area contributed by atoms with Crippen LogP contribution in [-0.4, -0.2) is 31.6 Å². The van der Waals surface area contributed by atoms with Crippen molar-refractivity contribution in [2.45, 2.75) is 33.5 Å². The molecule has 2 rings (SSSR count). The first-order valence-electron chi connectivity index (χ1n) is 9.55. The number of carbonyl (C=O) groups is 1. The maximum atomic E-state index is 12.9. The van der Waals surface area contributed by atoms with Crippen molar-refractivity contribution < 1.29 is 23.0 Å². The Labute approximate surface area is 197 Å². The van der Waals surface area contributed by atoms with Crippen molar-refractivity contribution in [3.05, 3.63) is 59.2 Å². The van der Waals surface area contributed by atoms with E-state index in [1.165, 1.54) is 0 Å². The lowest BCUT2D eigenvalue weighted by molar-refractivity contribution is -0.0520. The van der Waals surface area contributed by atoms with Gasteiger partial charge in [-0.2, -0.15) is 8.78 Å². The summed E-state index contributed by atoms with van der Waals surface area (Å²) in [6.45, 7) is 2.23. The van der Waals surface area contributed by atoms with Gasteiger partial charge in [0.05, 0.1) is 13.2 Å². The fourth-order valence-electron chi connectivity index (χ4n) is 2.66. The summed E-state index contributed by atoms with van der Waals surface area (Å²) in [4.78, 5) is 15.6. The Morgan fingerprint density at radius 2 is 1.84 bits per heavy atom. The Morgan fingerprint density at radius 1 is 1.13 bits per heavy atom. The summed E-state index contributed by atoms with van der Waals surface area (Å²) in [6.07, 6.45) is 0. The number of alkyl halides is 2. The molecule has 0 bridgehead atoms. The van der Waals surface area contributed by atoms with Crippen LogP contribution in [0.1, 0.15) is 35.3 Å². The monoisotopic (exact) mass is 548 g/mol. The number of nitrogens with two attached hydrogens (primary N) is 1. The van der Waals surface area contributed by atoms with Gasteiger partial charge < -0.3 is 25.8 Å². The summed E-state index contributed by atoms with van der Waals surface area (Å²) >= 11 is 0. The molecule has 0 aromatic heterocycles. The molecule has 0 atom stereocenters. The van der Waals surface area contributed by atoms with E-state index >= 15 is 0 Å². The van der Waals surface area contributed by atoms with Crippen molar-refractivity contribution in [1.82, 2.24) is 10.6 Å². The highest BCUT2D eigenvalue weighted by Gasteiger charge is 2.16. The molecule has 0 heterocycles. The molecule has 7 nitrogen and oxygen atoms in total. The van der Waals surface area contributed by atoms with Crippen LogP contribution in [0.25, 0.3) is 0 Å². The van der Waals surface area contributed by atoms with Gasteiger partial charge in [-0.25, -0.2) is 4.99 Å². The molecule has 0 aliphatic rings. The minimum Gasteiger partial charge on any atom is -0.490 e. The van der Waals surface area contributed by atoms with Gasteiger partial charge in [0.1, 0.15) is 0 Å². The van der Waals surface area contributed by atoms with Crippen molar-refractivity contribution in [3.63, 3.8) is 0 Å². The SMILES string of the molecule is CCNC(=NCc1ccc(C(N)=O)cc1)NCc1cccc(OCC)c1OC(F)F.I. The third-order valence-electron chi connectivity index (χ3n) is 4.02. The molecule has 4 N–H and O–H groups in total. The normalized spacial score (nSPS) is 10.9. The first kappa shape index (κ1) is 26.4. The lowest BCUT2D eigenvalue weighted by atomic mass is 10.1. The number of amides is 1. The van der Waals surface area contributed by atoms with E-state index in [1.54, 1.807) is 49.4 Å². The maximum Gasteiger partial charge on any atom is 0.387 e. The second kappa shape index (κ2) is 13.6. The van der Waals surface area contributed by atoms with Gasteiger partial charge in [0, 0.05) is 24.2 Å². The first-order chi connectivity index (χ1) is 14.4. The van der Waals surface area contributed by atoms with Gasteiger partial charge in [-0.3, -0.25) is 4.79 Å². The molecule has 170 valence electrons. The van der Waals surface area contributed by atoms with Crippen molar-refractivity contribution in [2.24, 2.45) is 10.7 Å². The predicted octanol–water partition coefficient (Wildman–Crippen LogP) is 3.66. The number of guanidine groups is 1. The first-order valence-corrected chi connectivity index (χ1v) is 9.55. The van der Waals surface area contributed by atoms with Crippen LogP contribution >= 0.6 is 24.0 Å². The molecule has 2 aromatic carbocycles. The summed E-state index contributed by atoms with van der Waals surface area (Å²) in [5.74, 6) is 0.269. The van der Waals surface area contributed by atoms with E-state index in [9.17, 15) is 13.6 Å². The van der Waals surface area contributed by atoms with Crippen LogP contribution in [0.15, 0.2) is 47.5 Å². The van der Waals surface area contributed by atoms with Crippen molar-refractivity contribution in [3.8, 4) is 11.5 Å². The van der Waals surface area contributed by atoms with E-state index in [4.69, 9.17) is 10.5 Å². The van der Waals surface area contributed by atoms with Gasteiger partial charge in [0.15, 0.2) is 17.5 Å². The number of aliphatic imine (C=N–C) groups is 1. The summed E-state index contributed by atoms with van der Waals surface area (Å²) in [7, 11) is 0. The van der Waals surface area contributed by atoms with Crippen molar-refractivity contribution in [1.29, 1.82) is 0 Å². The van der Waals surface area contributed by atoms with Crippen LogP contribution < -0.4 is 25.8 Å². The van der Waals surface area contributed by atoms with E-state index < -0.39 is 12.5 Å². The smallest absolute Gasteiger partial charge is 0.387 e. The Bertz CT molecular complexity index is 864. The third kappa shape index (κ3) is 8.56. The summed E-state index contributed by atoms with van der Waals surface area (Å²) < 4.78 is 35.8. The third-order valence-corrected chi connectivity index (χ3v) is 4.02. The average Bonchev–Trinajstić information content (AvgIpc) is 2.72. The van der Waals surface area contributed by atoms with E-state index in [-0.39, 0.29) is 42.0 Å². The molecule has 0 aliphatic carbocycles. The van der Waals surface area contributed by atoms with Crippen LogP contribution in [0.3, 0.4) is 0 Å². The highest BCUT2D eigenvalue weighted by Crippen LogP contribution is 2.32. The quantitative estimate of drug-likeness (QED) is 0.239. The fraction of sp³-hybridized carbons (Fsp3) is 0.333. The van der Waals surface area contributed by atoms with Gasteiger partial charge in [0.25, 0.3) is 0 Å².